The Morgan fingerprint density at radius 3 is 2.36 bits per heavy atom. The number of esters is 1. The van der Waals surface area contributed by atoms with Crippen molar-refractivity contribution in [1.82, 2.24) is 9.47 Å². The Morgan fingerprint density at radius 1 is 0.974 bits per heavy atom. The maximum atomic E-state index is 14.4. The van der Waals surface area contributed by atoms with Crippen molar-refractivity contribution in [2.45, 2.75) is 58.0 Å². The van der Waals surface area contributed by atoms with Crippen LogP contribution < -0.4 is 0 Å². The van der Waals surface area contributed by atoms with Crippen LogP contribution in [0.1, 0.15) is 42.1 Å². The lowest BCUT2D eigenvalue weighted by molar-refractivity contribution is -0.143. The lowest BCUT2D eigenvalue weighted by atomic mass is 9.89. The summed E-state index contributed by atoms with van der Waals surface area (Å²) in [6.07, 6.45) is 4.06. The molecule has 1 atom stereocenters. The van der Waals surface area contributed by atoms with Gasteiger partial charge in [-0.15, -0.1) is 0 Å². The van der Waals surface area contributed by atoms with E-state index in [0.29, 0.717) is 38.8 Å². The number of aryl methyl sites for hydroxylation is 1. The number of benzene rings is 3. The second kappa shape index (κ2) is 12.3. The van der Waals surface area contributed by atoms with E-state index in [0.717, 1.165) is 40.6 Å². The van der Waals surface area contributed by atoms with Crippen LogP contribution in [0.3, 0.4) is 0 Å². The molecule has 0 aliphatic heterocycles. The van der Waals surface area contributed by atoms with Gasteiger partial charge in [0.25, 0.3) is 0 Å². The first-order valence-corrected chi connectivity index (χ1v) is 13.9. The average Bonchev–Trinajstić information content (AvgIpc) is 3.25. The number of halogens is 1. The van der Waals surface area contributed by atoms with E-state index in [1.165, 1.54) is 11.6 Å². The number of ether oxygens (including phenoxy) is 1. The summed E-state index contributed by atoms with van der Waals surface area (Å²) in [5.41, 5.74) is 5.26. The third-order valence-electron chi connectivity index (χ3n) is 7.71. The van der Waals surface area contributed by atoms with Gasteiger partial charge in [0.1, 0.15) is 12.4 Å². The summed E-state index contributed by atoms with van der Waals surface area (Å²) in [6.45, 7) is 2.84. The second-order valence-corrected chi connectivity index (χ2v) is 10.2. The molecule has 5 nitrogen and oxygen atoms in total. The summed E-state index contributed by atoms with van der Waals surface area (Å²) in [5.74, 6) is -0.463. The van der Waals surface area contributed by atoms with Crippen molar-refractivity contribution in [1.29, 1.82) is 0 Å². The molecule has 0 fully saturated rings. The molecule has 202 valence electrons. The highest BCUT2D eigenvalue weighted by atomic mass is 19.1. The second-order valence-electron chi connectivity index (χ2n) is 10.2. The van der Waals surface area contributed by atoms with Gasteiger partial charge in [-0.1, -0.05) is 60.7 Å². The van der Waals surface area contributed by atoms with Gasteiger partial charge in [0.15, 0.2) is 0 Å². The smallest absolute Gasteiger partial charge is 0.325 e. The van der Waals surface area contributed by atoms with Gasteiger partial charge < -0.3 is 14.2 Å². The van der Waals surface area contributed by atoms with Crippen molar-refractivity contribution in [3.63, 3.8) is 0 Å². The minimum Gasteiger partial charge on any atom is -0.465 e. The number of fused-ring (bicyclic) bond motifs is 3. The van der Waals surface area contributed by atoms with Crippen LogP contribution in [0.5, 0.6) is 0 Å². The predicted molar refractivity (Wildman–Crippen MR) is 151 cm³/mol. The van der Waals surface area contributed by atoms with E-state index in [1.807, 2.05) is 45.9 Å². The van der Waals surface area contributed by atoms with E-state index in [9.17, 15) is 14.0 Å². The SMILES string of the molecule is CCOC(=O)Cn1c2c(c3cc(F)ccc31)C[C@@H](N(CCc1ccccc1)C(=O)CCc1ccccc1)CC2. The van der Waals surface area contributed by atoms with Crippen molar-refractivity contribution in [2.24, 2.45) is 0 Å². The molecule has 1 aliphatic rings. The Kier molecular flexibility index (Phi) is 8.40. The fourth-order valence-electron chi connectivity index (χ4n) is 5.83. The summed E-state index contributed by atoms with van der Waals surface area (Å²) in [7, 11) is 0. The van der Waals surface area contributed by atoms with Crippen LogP contribution in [0.4, 0.5) is 4.39 Å². The fourth-order valence-corrected chi connectivity index (χ4v) is 5.83. The highest BCUT2D eigenvalue weighted by Crippen LogP contribution is 2.35. The molecule has 1 aliphatic carbocycles. The Bertz CT molecular complexity index is 1430. The van der Waals surface area contributed by atoms with Gasteiger partial charge in [0.05, 0.1) is 6.61 Å². The Hall–Kier alpha value is -3.93. The molecule has 0 unspecified atom stereocenters. The van der Waals surface area contributed by atoms with E-state index >= 15 is 0 Å². The van der Waals surface area contributed by atoms with Gasteiger partial charge in [0, 0.05) is 35.6 Å². The molecule has 0 saturated heterocycles. The number of carbonyl (C=O) groups excluding carboxylic acids is 2. The van der Waals surface area contributed by atoms with Crippen LogP contribution in [0, 0.1) is 5.82 Å². The first-order valence-electron chi connectivity index (χ1n) is 13.9. The molecule has 1 heterocycles. The standard InChI is InChI=1S/C33H35FN2O3/c1-2-39-33(38)23-36-30-16-14-26(34)21-28(30)29-22-27(15-17-31(29)36)35(20-19-25-11-7-4-8-12-25)32(37)18-13-24-9-5-3-6-10-24/h3-12,14,16,21,27H,2,13,15,17-20,22-23H2,1H3/t27-/m0/s1. The predicted octanol–water partition coefficient (Wildman–Crippen LogP) is 5.90. The molecule has 1 aromatic heterocycles. The zero-order valence-electron chi connectivity index (χ0n) is 22.4. The zero-order chi connectivity index (χ0) is 27.2. The number of aromatic nitrogens is 1. The first-order chi connectivity index (χ1) is 19.0. The highest BCUT2D eigenvalue weighted by Gasteiger charge is 2.31. The number of hydrogen-bond acceptors (Lipinski definition) is 3. The highest BCUT2D eigenvalue weighted by molar-refractivity contribution is 5.87. The first kappa shape index (κ1) is 26.7. The number of amides is 1. The van der Waals surface area contributed by atoms with Gasteiger partial charge in [-0.25, -0.2) is 4.39 Å². The Labute approximate surface area is 229 Å². The summed E-state index contributed by atoms with van der Waals surface area (Å²) < 4.78 is 21.6. The van der Waals surface area contributed by atoms with Gasteiger partial charge in [-0.3, -0.25) is 9.59 Å². The van der Waals surface area contributed by atoms with E-state index < -0.39 is 0 Å². The van der Waals surface area contributed by atoms with Crippen molar-refractivity contribution in [3.05, 3.63) is 107 Å². The molecule has 5 rings (SSSR count). The number of carbonyl (C=O) groups is 2. The summed E-state index contributed by atoms with van der Waals surface area (Å²) in [4.78, 5) is 28.1. The van der Waals surface area contributed by atoms with Crippen LogP contribution in [-0.4, -0.2) is 40.5 Å². The summed E-state index contributed by atoms with van der Waals surface area (Å²) >= 11 is 0. The third kappa shape index (κ3) is 6.22. The van der Waals surface area contributed by atoms with Gasteiger partial charge in [0.2, 0.25) is 5.91 Å². The maximum absolute atomic E-state index is 14.4. The van der Waals surface area contributed by atoms with Gasteiger partial charge in [-0.05, 0) is 73.9 Å². The molecular formula is C33H35FN2O3. The van der Waals surface area contributed by atoms with E-state index in [1.54, 1.807) is 19.1 Å². The van der Waals surface area contributed by atoms with E-state index in [-0.39, 0.29) is 30.3 Å². The maximum Gasteiger partial charge on any atom is 0.325 e. The Morgan fingerprint density at radius 2 is 1.67 bits per heavy atom. The minimum atomic E-state index is -0.305. The monoisotopic (exact) mass is 526 g/mol. The molecule has 3 aromatic carbocycles. The largest absolute Gasteiger partial charge is 0.465 e. The topological polar surface area (TPSA) is 51.5 Å². The van der Waals surface area contributed by atoms with Crippen LogP contribution in [0.25, 0.3) is 10.9 Å². The number of hydrogen-bond donors (Lipinski definition) is 0. The number of nitrogens with zero attached hydrogens (tertiary/aromatic N) is 2. The van der Waals surface area contributed by atoms with Crippen molar-refractivity contribution >= 4 is 22.8 Å². The van der Waals surface area contributed by atoms with Crippen LogP contribution >= 0.6 is 0 Å². The third-order valence-corrected chi connectivity index (χ3v) is 7.71. The molecule has 0 spiro atoms. The quantitative estimate of drug-likeness (QED) is 0.242. The van der Waals surface area contributed by atoms with Crippen LogP contribution in [0.15, 0.2) is 78.9 Å². The lowest BCUT2D eigenvalue weighted by Gasteiger charge is -2.35. The van der Waals surface area contributed by atoms with E-state index in [4.69, 9.17) is 4.74 Å². The van der Waals surface area contributed by atoms with Gasteiger partial charge in [-0.2, -0.15) is 0 Å². The van der Waals surface area contributed by atoms with Crippen LogP contribution in [-0.2, 0) is 46.6 Å². The molecule has 6 heteroatoms. The molecule has 0 bridgehead atoms. The minimum absolute atomic E-state index is 0.00870. The number of rotatable bonds is 10. The molecule has 0 saturated carbocycles. The van der Waals surface area contributed by atoms with E-state index in [2.05, 4.69) is 24.3 Å². The summed E-state index contributed by atoms with van der Waals surface area (Å²) in [5, 5.41) is 0.818. The molecule has 0 radical (unpaired) electrons. The van der Waals surface area contributed by atoms with Crippen LogP contribution in [0.2, 0.25) is 0 Å². The van der Waals surface area contributed by atoms with Crippen molar-refractivity contribution in [3.8, 4) is 0 Å². The van der Waals surface area contributed by atoms with Gasteiger partial charge >= 0.3 is 5.97 Å². The molecular weight excluding hydrogens is 491 g/mol. The molecule has 39 heavy (non-hydrogen) atoms. The Balaban J connectivity index is 1.42. The normalized spacial score (nSPS) is 14.7. The zero-order valence-corrected chi connectivity index (χ0v) is 22.4. The molecule has 1 amide bonds. The lowest BCUT2D eigenvalue weighted by Crippen LogP contribution is -2.44. The van der Waals surface area contributed by atoms with Crippen molar-refractivity contribution in [2.75, 3.05) is 13.2 Å². The summed E-state index contributed by atoms with van der Waals surface area (Å²) in [6, 6.07) is 25.1. The fraction of sp³-hybridized carbons (Fsp3) is 0.333. The van der Waals surface area contributed by atoms with Crippen molar-refractivity contribution < 1.29 is 18.7 Å². The average molecular weight is 527 g/mol. The molecule has 4 aromatic rings. The molecule has 0 N–H and O–H groups in total.